The molecule has 98 valence electrons. The second kappa shape index (κ2) is 4.56. The quantitative estimate of drug-likeness (QED) is 0.788. The molecule has 0 unspecified atom stereocenters. The maximum Gasteiger partial charge on any atom is 0.265 e. The molecule has 1 aliphatic heterocycles. The van der Waals surface area contributed by atoms with Gasteiger partial charge in [-0.1, -0.05) is 18.2 Å². The van der Waals surface area contributed by atoms with E-state index in [0.717, 1.165) is 16.9 Å². The summed E-state index contributed by atoms with van der Waals surface area (Å²) in [5, 5.41) is 0. The molecule has 5 nitrogen and oxygen atoms in total. The summed E-state index contributed by atoms with van der Waals surface area (Å²) in [6.45, 7) is 0.806. The van der Waals surface area contributed by atoms with E-state index in [-0.39, 0.29) is 0 Å². The third-order valence-corrected chi connectivity index (χ3v) is 3.52. The third kappa shape index (κ3) is 1.89. The molecular weight excluding hydrogens is 253 g/mol. The molecule has 0 atom stereocenters. The molecule has 2 heterocycles. The van der Waals surface area contributed by atoms with Gasteiger partial charge in [-0.05, 0) is 23.8 Å². The summed E-state index contributed by atoms with van der Waals surface area (Å²) >= 11 is 0. The molecule has 1 aliphatic rings. The summed E-state index contributed by atoms with van der Waals surface area (Å²) < 4.78 is 1.82. The molecule has 0 spiro atoms. The zero-order chi connectivity index (χ0) is 14.3. The molecule has 3 rings (SSSR count). The van der Waals surface area contributed by atoms with Crippen molar-refractivity contribution >= 4 is 25.2 Å². The van der Waals surface area contributed by atoms with E-state index in [4.69, 9.17) is 13.6 Å². The number of aromatic nitrogens is 1. The molecule has 0 aliphatic carbocycles. The van der Waals surface area contributed by atoms with Crippen LogP contribution in [0.25, 0.3) is 0 Å². The number of carbonyl (C=O) groups excluding carboxylic acids is 2. The molecule has 0 saturated heterocycles. The fraction of sp³-hybridized carbons (Fsp3) is 0.143. The number of hydrogen-bond acceptors (Lipinski definition) is 2. The lowest BCUT2D eigenvalue weighted by Gasteiger charge is -2.21. The molecule has 0 bridgehead atoms. The molecule has 6 heteroatoms. The van der Waals surface area contributed by atoms with Gasteiger partial charge in [-0.25, -0.2) is 0 Å². The molecule has 2 amide bonds. The number of para-hydroxylation sites is 1. The first-order valence-corrected chi connectivity index (χ1v) is 6.21. The molecule has 1 aromatic carbocycles. The average molecular weight is 265 g/mol. The van der Waals surface area contributed by atoms with Crippen LogP contribution in [0.5, 0.6) is 0 Å². The first-order chi connectivity index (χ1) is 9.58. The number of benzene rings is 1. The molecule has 2 aromatic rings. The van der Waals surface area contributed by atoms with Crippen molar-refractivity contribution in [3.8, 4) is 0 Å². The number of primary amides is 1. The van der Waals surface area contributed by atoms with E-state index in [1.165, 1.54) is 4.90 Å². The number of carbonyl (C=O) groups is 2. The van der Waals surface area contributed by atoms with E-state index >= 15 is 0 Å². The van der Waals surface area contributed by atoms with Crippen molar-refractivity contribution in [3.05, 3.63) is 53.3 Å². The van der Waals surface area contributed by atoms with Crippen molar-refractivity contribution in [3.63, 3.8) is 0 Å². The zero-order valence-electron chi connectivity index (χ0n) is 10.7. The van der Waals surface area contributed by atoms with Gasteiger partial charge in [-0.3, -0.25) is 9.59 Å². The van der Waals surface area contributed by atoms with Crippen LogP contribution in [0, 0.1) is 0 Å². The Balaban J connectivity index is 2.18. The largest absolute Gasteiger partial charge is 0.364 e. The van der Waals surface area contributed by atoms with Crippen molar-refractivity contribution in [2.24, 2.45) is 5.73 Å². The highest BCUT2D eigenvalue weighted by atomic mass is 16.2. The lowest BCUT2D eigenvalue weighted by atomic mass is 10.1. The van der Waals surface area contributed by atoms with Gasteiger partial charge in [0.25, 0.3) is 5.91 Å². The predicted octanol–water partition coefficient (Wildman–Crippen LogP) is 1.24. The van der Waals surface area contributed by atoms with Gasteiger partial charge in [0.15, 0.2) is 5.81 Å². The summed E-state index contributed by atoms with van der Waals surface area (Å²) in [6.07, 6.45) is 0. The Kier molecular flexibility index (Phi) is 2.86. The van der Waals surface area contributed by atoms with Crippen molar-refractivity contribution in [2.45, 2.75) is 13.1 Å². The topological polar surface area (TPSA) is 68.3 Å². The number of amides is 2. The summed E-state index contributed by atoms with van der Waals surface area (Å²) in [6, 6.07) is 11.0. The van der Waals surface area contributed by atoms with Crippen LogP contribution < -0.4 is 10.6 Å². The van der Waals surface area contributed by atoms with E-state index in [2.05, 4.69) is 0 Å². The van der Waals surface area contributed by atoms with Crippen LogP contribution >= 0.6 is 0 Å². The van der Waals surface area contributed by atoms with Crippen LogP contribution in [0.1, 0.15) is 21.7 Å². The highest BCUT2D eigenvalue weighted by Crippen LogP contribution is 2.28. The minimum atomic E-state index is -0.521. The van der Waals surface area contributed by atoms with Gasteiger partial charge >= 0.3 is 0 Å². The highest BCUT2D eigenvalue weighted by molar-refractivity contribution is 6.60. The number of anilines is 1. The van der Waals surface area contributed by atoms with Crippen molar-refractivity contribution in [1.82, 2.24) is 4.57 Å². The zero-order valence-corrected chi connectivity index (χ0v) is 10.7. The number of rotatable bonds is 1. The maximum atomic E-state index is 11.7. The van der Waals surface area contributed by atoms with Gasteiger partial charge in [0.2, 0.25) is 7.85 Å². The molecule has 1 aromatic heterocycles. The first-order valence-electron chi connectivity index (χ1n) is 6.21. The Labute approximate surface area is 117 Å². The van der Waals surface area contributed by atoms with Crippen molar-refractivity contribution in [1.29, 1.82) is 0 Å². The number of nitrogens with zero attached hydrogens (tertiary/aromatic N) is 2. The van der Waals surface area contributed by atoms with Crippen molar-refractivity contribution < 1.29 is 9.59 Å². The number of hydrogen-bond donors (Lipinski definition) is 1. The molecular formula is C14H12BN3O2. The van der Waals surface area contributed by atoms with E-state index in [0.29, 0.717) is 18.8 Å². The lowest BCUT2D eigenvalue weighted by molar-refractivity contribution is 0.0991. The Morgan fingerprint density at radius 3 is 2.55 bits per heavy atom. The SMILES string of the molecule is [B]C(=O)N1Cc2ccc(C(N)=O)n2Cc2ccccc21. The minimum absolute atomic E-state index is 0.319. The van der Waals surface area contributed by atoms with Crippen molar-refractivity contribution in [2.75, 3.05) is 4.90 Å². The fourth-order valence-corrected chi connectivity index (χ4v) is 2.57. The monoisotopic (exact) mass is 265 g/mol. The molecule has 2 radical (unpaired) electrons. The summed E-state index contributed by atoms with van der Waals surface area (Å²) in [7, 11) is 5.46. The fourth-order valence-electron chi connectivity index (χ4n) is 2.57. The summed E-state index contributed by atoms with van der Waals surface area (Å²) in [5.74, 6) is -1.01. The standard InChI is InChI=1S/C14H12BN3O2/c15-14(20)18-8-10-5-6-12(13(16)19)17(10)7-9-3-1-2-4-11(9)18/h1-6H,7-8H2,(H2,16,19). The number of nitrogens with two attached hydrogens (primary N) is 1. The van der Waals surface area contributed by atoms with Crippen LogP contribution in [-0.2, 0) is 13.1 Å². The van der Waals surface area contributed by atoms with Crippen LogP contribution in [0.15, 0.2) is 36.4 Å². The Morgan fingerprint density at radius 1 is 1.10 bits per heavy atom. The lowest BCUT2D eigenvalue weighted by Crippen LogP contribution is -2.29. The van der Waals surface area contributed by atoms with Gasteiger partial charge in [-0.15, -0.1) is 0 Å². The highest BCUT2D eigenvalue weighted by Gasteiger charge is 2.23. The Bertz CT molecular complexity index is 708. The smallest absolute Gasteiger partial charge is 0.265 e. The Morgan fingerprint density at radius 2 is 1.85 bits per heavy atom. The summed E-state index contributed by atoms with van der Waals surface area (Å²) in [4.78, 5) is 24.6. The predicted molar refractivity (Wildman–Crippen MR) is 75.8 cm³/mol. The minimum Gasteiger partial charge on any atom is -0.364 e. The van der Waals surface area contributed by atoms with Crippen LogP contribution in [0.4, 0.5) is 10.5 Å². The second-order valence-electron chi connectivity index (χ2n) is 4.71. The van der Waals surface area contributed by atoms with Gasteiger partial charge in [-0.2, -0.15) is 0 Å². The van der Waals surface area contributed by atoms with Crippen LogP contribution in [0.2, 0.25) is 0 Å². The van der Waals surface area contributed by atoms with Gasteiger partial charge < -0.3 is 15.2 Å². The van der Waals surface area contributed by atoms with Gasteiger partial charge in [0, 0.05) is 11.4 Å². The molecule has 2 N–H and O–H groups in total. The van der Waals surface area contributed by atoms with E-state index in [9.17, 15) is 9.59 Å². The first kappa shape index (κ1) is 12.5. The van der Waals surface area contributed by atoms with Crippen LogP contribution in [0.3, 0.4) is 0 Å². The van der Waals surface area contributed by atoms with E-state index in [1.54, 1.807) is 12.1 Å². The third-order valence-electron chi connectivity index (χ3n) is 3.52. The average Bonchev–Trinajstić information content (AvgIpc) is 2.72. The van der Waals surface area contributed by atoms with E-state index < -0.39 is 11.7 Å². The van der Waals surface area contributed by atoms with E-state index in [1.807, 2.05) is 28.8 Å². The molecule has 20 heavy (non-hydrogen) atoms. The van der Waals surface area contributed by atoms with Gasteiger partial charge in [0.1, 0.15) is 5.69 Å². The normalized spacial score (nSPS) is 13.3. The summed E-state index contributed by atoms with van der Waals surface area (Å²) in [5.41, 5.74) is 8.33. The molecule has 0 fully saturated rings. The van der Waals surface area contributed by atoms with Crippen LogP contribution in [-0.4, -0.2) is 24.1 Å². The maximum absolute atomic E-state index is 11.7. The van der Waals surface area contributed by atoms with Gasteiger partial charge in [0.05, 0.1) is 13.1 Å². The second-order valence-corrected chi connectivity index (χ2v) is 4.71. The Hall–Kier alpha value is -2.50. The number of fused-ring (bicyclic) bond motifs is 2. The molecule has 0 saturated carbocycles.